The van der Waals surface area contributed by atoms with Crippen molar-refractivity contribution in [1.29, 1.82) is 0 Å². The predicted octanol–water partition coefficient (Wildman–Crippen LogP) is 2.07. The molecule has 1 nitrogen and oxygen atoms in total. The topological polar surface area (TPSA) is 26.0 Å². The van der Waals surface area contributed by atoms with E-state index in [1.54, 1.807) is 23.1 Å². The van der Waals surface area contributed by atoms with Crippen LogP contribution in [0.5, 0.6) is 0 Å². The van der Waals surface area contributed by atoms with E-state index in [1.165, 1.54) is 4.88 Å². The molecule has 2 N–H and O–H groups in total. The molecule has 1 atom stereocenters. The Bertz CT molecular complexity index is 160. The molecule has 1 aromatic rings. The summed E-state index contributed by atoms with van der Waals surface area (Å²) in [5.74, 6) is 0. The fraction of sp³-hybridized carbons (Fsp3) is 0.333. The summed E-state index contributed by atoms with van der Waals surface area (Å²) in [7, 11) is 0. The number of hydrogen-bond acceptors (Lipinski definition) is 3. The van der Waals surface area contributed by atoms with Gasteiger partial charge < -0.3 is 5.73 Å². The summed E-state index contributed by atoms with van der Waals surface area (Å²) >= 11 is 3.38. The van der Waals surface area contributed by atoms with Gasteiger partial charge >= 0.3 is 0 Å². The molecular weight excluding hydrogens is 150 g/mol. The smallest absolute Gasteiger partial charge is 0.0854 e. The second kappa shape index (κ2) is 3.25. The van der Waals surface area contributed by atoms with Gasteiger partial charge in [0.25, 0.3) is 0 Å². The van der Waals surface area contributed by atoms with Gasteiger partial charge in [-0.3, -0.25) is 0 Å². The summed E-state index contributed by atoms with van der Waals surface area (Å²) in [6.07, 6.45) is 2.02. The van der Waals surface area contributed by atoms with Crippen LogP contribution < -0.4 is 5.73 Å². The third kappa shape index (κ3) is 1.71. The average molecular weight is 159 g/mol. The van der Waals surface area contributed by atoms with Gasteiger partial charge in [0.15, 0.2) is 0 Å². The Morgan fingerprint density at radius 1 is 1.78 bits per heavy atom. The molecule has 0 fully saturated rings. The maximum Gasteiger partial charge on any atom is 0.0854 e. The van der Waals surface area contributed by atoms with Crippen LogP contribution in [0, 0.1) is 0 Å². The molecule has 0 aliphatic heterocycles. The number of hydrogen-bond donors (Lipinski definition) is 1. The summed E-state index contributed by atoms with van der Waals surface area (Å²) in [4.78, 5) is 1.25. The zero-order valence-electron chi connectivity index (χ0n) is 5.20. The van der Waals surface area contributed by atoms with Crippen LogP contribution in [0.1, 0.15) is 10.3 Å². The molecule has 0 bridgehead atoms. The lowest BCUT2D eigenvalue weighted by Gasteiger charge is -2.02. The highest BCUT2D eigenvalue weighted by Crippen LogP contribution is 2.24. The fourth-order valence-electron chi connectivity index (χ4n) is 0.569. The maximum absolute atomic E-state index is 5.71. The van der Waals surface area contributed by atoms with Gasteiger partial charge in [-0.2, -0.15) is 0 Å². The molecule has 0 aliphatic carbocycles. The summed E-state index contributed by atoms with van der Waals surface area (Å²) < 4.78 is 0. The van der Waals surface area contributed by atoms with Gasteiger partial charge in [0, 0.05) is 4.88 Å². The first-order chi connectivity index (χ1) is 4.34. The summed E-state index contributed by atoms with van der Waals surface area (Å²) in [5, 5.41) is 2.22. The molecule has 1 heterocycles. The second-order valence-electron chi connectivity index (χ2n) is 1.67. The zero-order valence-corrected chi connectivity index (χ0v) is 6.84. The highest BCUT2D eigenvalue weighted by atomic mass is 32.2. The third-order valence-corrected chi connectivity index (χ3v) is 2.94. The Hall–Kier alpha value is 0.01000. The van der Waals surface area contributed by atoms with Crippen molar-refractivity contribution in [3.63, 3.8) is 0 Å². The predicted molar refractivity (Wildman–Crippen MR) is 44.8 cm³/mol. The van der Waals surface area contributed by atoms with E-state index in [1.807, 2.05) is 17.7 Å². The third-order valence-electron chi connectivity index (χ3n) is 1.08. The largest absolute Gasteiger partial charge is 0.315 e. The monoisotopic (exact) mass is 159 g/mol. The highest BCUT2D eigenvalue weighted by molar-refractivity contribution is 7.98. The van der Waals surface area contributed by atoms with E-state index in [9.17, 15) is 0 Å². The fourth-order valence-corrected chi connectivity index (χ4v) is 1.94. The molecule has 1 rings (SSSR count). The first-order valence-electron chi connectivity index (χ1n) is 2.66. The lowest BCUT2D eigenvalue weighted by molar-refractivity contribution is 1.07. The normalized spacial score (nSPS) is 13.6. The first kappa shape index (κ1) is 7.12. The molecule has 1 unspecified atom stereocenters. The van der Waals surface area contributed by atoms with Gasteiger partial charge in [-0.15, -0.1) is 23.1 Å². The first-order valence-corrected chi connectivity index (χ1v) is 4.83. The molecule has 0 spiro atoms. The molecular formula is C6H9NS2. The van der Waals surface area contributed by atoms with Crippen LogP contribution in [0.25, 0.3) is 0 Å². The molecule has 50 valence electrons. The van der Waals surface area contributed by atoms with E-state index in [-0.39, 0.29) is 5.37 Å². The van der Waals surface area contributed by atoms with E-state index >= 15 is 0 Å². The summed E-state index contributed by atoms with van der Waals surface area (Å²) in [6, 6.07) is 4.09. The standard InChI is InChI=1S/C6H9NS2/c1-8-6(7)5-3-2-4-9-5/h2-4,6H,7H2,1H3. The van der Waals surface area contributed by atoms with Crippen molar-refractivity contribution in [3.05, 3.63) is 22.4 Å². The lowest BCUT2D eigenvalue weighted by atomic mass is 10.5. The number of nitrogens with two attached hydrogens (primary N) is 1. The SMILES string of the molecule is CSC(N)c1cccs1. The molecule has 0 radical (unpaired) electrons. The van der Waals surface area contributed by atoms with Gasteiger partial charge in [-0.25, -0.2) is 0 Å². The molecule has 0 amide bonds. The quantitative estimate of drug-likeness (QED) is 0.668. The van der Waals surface area contributed by atoms with E-state index in [0.717, 1.165) is 0 Å². The second-order valence-corrected chi connectivity index (χ2v) is 3.63. The van der Waals surface area contributed by atoms with Gasteiger partial charge in [-0.1, -0.05) is 6.07 Å². The van der Waals surface area contributed by atoms with Gasteiger partial charge in [-0.05, 0) is 17.7 Å². The average Bonchev–Trinajstić information content (AvgIpc) is 2.37. The molecule has 0 saturated heterocycles. The molecule has 3 heteroatoms. The van der Waals surface area contributed by atoms with Crippen molar-refractivity contribution in [2.24, 2.45) is 5.73 Å². The summed E-state index contributed by atoms with van der Waals surface area (Å²) in [5.41, 5.74) is 5.71. The van der Waals surface area contributed by atoms with Crippen molar-refractivity contribution in [3.8, 4) is 0 Å². The van der Waals surface area contributed by atoms with E-state index in [4.69, 9.17) is 5.73 Å². The molecule has 0 aromatic carbocycles. The number of thiophene rings is 1. The van der Waals surface area contributed by atoms with Crippen LogP contribution in [0.15, 0.2) is 17.5 Å². The number of thioether (sulfide) groups is 1. The van der Waals surface area contributed by atoms with Crippen molar-refractivity contribution in [2.45, 2.75) is 5.37 Å². The van der Waals surface area contributed by atoms with Crippen LogP contribution in [0.3, 0.4) is 0 Å². The minimum atomic E-state index is 0.171. The molecule has 1 aromatic heterocycles. The number of rotatable bonds is 2. The zero-order chi connectivity index (χ0) is 6.69. The van der Waals surface area contributed by atoms with Crippen LogP contribution in [0.4, 0.5) is 0 Å². The van der Waals surface area contributed by atoms with Crippen LogP contribution in [-0.4, -0.2) is 6.26 Å². The van der Waals surface area contributed by atoms with Crippen molar-refractivity contribution in [1.82, 2.24) is 0 Å². The van der Waals surface area contributed by atoms with Gasteiger partial charge in [0.2, 0.25) is 0 Å². The Kier molecular flexibility index (Phi) is 2.57. The lowest BCUT2D eigenvalue weighted by Crippen LogP contribution is -2.01. The Morgan fingerprint density at radius 3 is 3.00 bits per heavy atom. The van der Waals surface area contributed by atoms with E-state index < -0.39 is 0 Å². The minimum absolute atomic E-state index is 0.171. The van der Waals surface area contributed by atoms with Crippen molar-refractivity contribution < 1.29 is 0 Å². The highest BCUT2D eigenvalue weighted by Gasteiger charge is 2.01. The Labute approximate surface area is 63.3 Å². The molecule has 9 heavy (non-hydrogen) atoms. The Balaban J connectivity index is 2.65. The minimum Gasteiger partial charge on any atom is -0.315 e. The molecule has 0 aliphatic rings. The van der Waals surface area contributed by atoms with Crippen LogP contribution in [0.2, 0.25) is 0 Å². The van der Waals surface area contributed by atoms with E-state index in [2.05, 4.69) is 6.07 Å². The van der Waals surface area contributed by atoms with E-state index in [0.29, 0.717) is 0 Å². The summed E-state index contributed by atoms with van der Waals surface area (Å²) in [6.45, 7) is 0. The van der Waals surface area contributed by atoms with Gasteiger partial charge in [0.05, 0.1) is 5.37 Å². The van der Waals surface area contributed by atoms with Crippen molar-refractivity contribution in [2.75, 3.05) is 6.26 Å². The van der Waals surface area contributed by atoms with Crippen LogP contribution >= 0.6 is 23.1 Å². The molecule has 0 saturated carbocycles. The Morgan fingerprint density at radius 2 is 2.56 bits per heavy atom. The van der Waals surface area contributed by atoms with Crippen molar-refractivity contribution >= 4 is 23.1 Å². The van der Waals surface area contributed by atoms with Crippen LogP contribution in [-0.2, 0) is 0 Å². The van der Waals surface area contributed by atoms with Gasteiger partial charge in [0.1, 0.15) is 0 Å². The maximum atomic E-state index is 5.71.